The van der Waals surface area contributed by atoms with Gasteiger partial charge in [0.05, 0.1) is 18.2 Å². The summed E-state index contributed by atoms with van der Waals surface area (Å²) in [6.07, 6.45) is 2.04. The third kappa shape index (κ3) is 5.28. The highest BCUT2D eigenvalue weighted by molar-refractivity contribution is 7.87. The number of aromatic nitrogens is 4. The van der Waals surface area contributed by atoms with Gasteiger partial charge >= 0.3 is 0 Å². The smallest absolute Gasteiger partial charge is 0.279 e. The summed E-state index contributed by atoms with van der Waals surface area (Å²) >= 11 is 0. The average molecular weight is 518 g/mol. The van der Waals surface area contributed by atoms with Crippen LogP contribution in [0.25, 0.3) is 11.5 Å². The van der Waals surface area contributed by atoms with Gasteiger partial charge in [-0.2, -0.15) is 17.4 Å². The average Bonchev–Trinajstić information content (AvgIpc) is 3.37. The highest BCUT2D eigenvalue weighted by atomic mass is 32.2. The lowest BCUT2D eigenvalue weighted by Crippen LogP contribution is -2.37. The summed E-state index contributed by atoms with van der Waals surface area (Å²) in [5, 5.41) is 20.0. The van der Waals surface area contributed by atoms with E-state index in [0.717, 1.165) is 4.31 Å². The van der Waals surface area contributed by atoms with E-state index < -0.39 is 21.9 Å². The Morgan fingerprint density at radius 1 is 1.33 bits per heavy atom. The molecule has 2 heterocycles. The van der Waals surface area contributed by atoms with Crippen LogP contribution in [0, 0.1) is 12.7 Å². The molecular weight excluding hydrogens is 489 g/mol. The van der Waals surface area contributed by atoms with Crippen molar-refractivity contribution in [2.75, 3.05) is 26.0 Å². The summed E-state index contributed by atoms with van der Waals surface area (Å²) in [6.45, 7) is 3.41. The number of nitrogens with one attached hydrogen (secondary N) is 2. The molecule has 1 fully saturated rings. The van der Waals surface area contributed by atoms with Gasteiger partial charge in [0, 0.05) is 26.1 Å². The quantitative estimate of drug-likeness (QED) is 0.393. The number of aliphatic hydroxyl groups excluding tert-OH is 1. The Balaban J connectivity index is 1.54. The van der Waals surface area contributed by atoms with Crippen LogP contribution in [0.3, 0.4) is 0 Å². The number of amides is 1. The number of pyridine rings is 1. The molecule has 1 aliphatic carbocycles. The van der Waals surface area contributed by atoms with Gasteiger partial charge in [-0.25, -0.2) is 9.37 Å². The van der Waals surface area contributed by atoms with Crippen LogP contribution >= 0.6 is 0 Å². The highest BCUT2D eigenvalue weighted by Gasteiger charge is 2.42. The standard InChI is InChI=1S/C23H28FN7O4S/c1-13-8-18(24)17(9-15(13)16-10-20(16)29-36(34,35)30(3)4)23(33)27-21-7-5-6-19(26-21)22-28-25-12-31(22)14(2)11-32/h5-9,12,14,16,20,29,32H,10-11H2,1-4H3,(H,26,27,33)/t14-,16?,20?/m1/s1. The van der Waals surface area contributed by atoms with Gasteiger partial charge in [0.1, 0.15) is 23.7 Å². The predicted octanol–water partition coefficient (Wildman–Crippen LogP) is 1.85. The van der Waals surface area contributed by atoms with Gasteiger partial charge in [-0.15, -0.1) is 10.2 Å². The van der Waals surface area contributed by atoms with E-state index >= 15 is 0 Å². The lowest BCUT2D eigenvalue weighted by Gasteiger charge is -2.14. The molecule has 3 atom stereocenters. The maximum atomic E-state index is 14.8. The number of aliphatic hydroxyl groups is 1. The van der Waals surface area contributed by atoms with Crippen molar-refractivity contribution in [3.63, 3.8) is 0 Å². The van der Waals surface area contributed by atoms with Crippen LogP contribution in [0.4, 0.5) is 10.2 Å². The van der Waals surface area contributed by atoms with E-state index in [1.807, 2.05) is 0 Å². The summed E-state index contributed by atoms with van der Waals surface area (Å²) in [4.78, 5) is 17.4. The lowest BCUT2D eigenvalue weighted by atomic mass is 10.00. The molecule has 1 saturated carbocycles. The first-order valence-electron chi connectivity index (χ1n) is 11.3. The van der Waals surface area contributed by atoms with E-state index in [2.05, 4.69) is 25.2 Å². The molecule has 0 radical (unpaired) electrons. The lowest BCUT2D eigenvalue weighted by molar-refractivity contribution is 0.102. The van der Waals surface area contributed by atoms with Crippen LogP contribution in [0.1, 0.15) is 46.8 Å². The van der Waals surface area contributed by atoms with E-state index in [4.69, 9.17) is 0 Å². The van der Waals surface area contributed by atoms with E-state index in [0.29, 0.717) is 29.1 Å². The molecule has 192 valence electrons. The zero-order valence-corrected chi connectivity index (χ0v) is 21.1. The van der Waals surface area contributed by atoms with Gasteiger partial charge in [-0.1, -0.05) is 6.07 Å². The maximum Gasteiger partial charge on any atom is 0.279 e. The second-order valence-corrected chi connectivity index (χ2v) is 10.9. The normalized spacial score (nSPS) is 18.3. The second kappa shape index (κ2) is 10.0. The van der Waals surface area contributed by atoms with Crippen molar-refractivity contribution in [3.05, 3.63) is 59.2 Å². The summed E-state index contributed by atoms with van der Waals surface area (Å²) < 4.78 is 44.4. The molecule has 1 aliphatic rings. The number of aryl methyl sites for hydroxylation is 1. The van der Waals surface area contributed by atoms with Gasteiger partial charge in [0.25, 0.3) is 16.1 Å². The molecule has 3 N–H and O–H groups in total. The van der Waals surface area contributed by atoms with Crippen molar-refractivity contribution in [2.45, 2.75) is 38.3 Å². The number of carbonyl (C=O) groups excluding carboxylic acids is 1. The number of rotatable bonds is 9. The molecular formula is C23H28FN7O4S. The van der Waals surface area contributed by atoms with E-state index in [-0.39, 0.29) is 36.0 Å². The van der Waals surface area contributed by atoms with Gasteiger partial charge in [0.2, 0.25) is 0 Å². The van der Waals surface area contributed by atoms with Crippen molar-refractivity contribution in [2.24, 2.45) is 0 Å². The molecule has 1 aromatic carbocycles. The Morgan fingerprint density at radius 2 is 2.08 bits per heavy atom. The fourth-order valence-corrected chi connectivity index (χ4v) is 4.73. The first-order valence-corrected chi connectivity index (χ1v) is 12.7. The molecule has 4 rings (SSSR count). The largest absolute Gasteiger partial charge is 0.394 e. The maximum absolute atomic E-state index is 14.8. The Morgan fingerprint density at radius 3 is 2.78 bits per heavy atom. The molecule has 3 aromatic rings. The molecule has 13 heteroatoms. The van der Waals surface area contributed by atoms with E-state index in [1.54, 1.807) is 36.6 Å². The summed E-state index contributed by atoms with van der Waals surface area (Å²) in [7, 11) is -0.729. The third-order valence-electron chi connectivity index (χ3n) is 6.10. The summed E-state index contributed by atoms with van der Waals surface area (Å²) in [5.41, 5.74) is 1.60. The van der Waals surface area contributed by atoms with Crippen LogP contribution in [0.5, 0.6) is 0 Å². The molecule has 0 aliphatic heterocycles. The third-order valence-corrected chi connectivity index (χ3v) is 7.67. The Labute approximate surface area is 208 Å². The molecule has 0 bridgehead atoms. The second-order valence-electron chi connectivity index (χ2n) is 9.00. The highest BCUT2D eigenvalue weighted by Crippen LogP contribution is 2.43. The minimum atomic E-state index is -3.60. The summed E-state index contributed by atoms with van der Waals surface area (Å²) in [5.74, 6) is -0.931. The molecule has 36 heavy (non-hydrogen) atoms. The van der Waals surface area contributed by atoms with Crippen molar-refractivity contribution in [1.82, 2.24) is 28.8 Å². The molecule has 1 amide bonds. The van der Waals surface area contributed by atoms with Crippen molar-refractivity contribution >= 4 is 21.9 Å². The Kier molecular flexibility index (Phi) is 7.18. The van der Waals surface area contributed by atoms with Crippen molar-refractivity contribution < 1.29 is 22.7 Å². The fourth-order valence-electron chi connectivity index (χ4n) is 3.88. The zero-order chi connectivity index (χ0) is 26.2. The van der Waals surface area contributed by atoms with Gasteiger partial charge in [0.15, 0.2) is 5.82 Å². The number of hydrogen-bond acceptors (Lipinski definition) is 7. The Bertz CT molecular complexity index is 1390. The number of nitrogens with zero attached hydrogens (tertiary/aromatic N) is 5. The first-order chi connectivity index (χ1) is 17.0. The van der Waals surface area contributed by atoms with E-state index in [9.17, 15) is 22.7 Å². The van der Waals surface area contributed by atoms with Gasteiger partial charge in [-0.05, 0) is 55.7 Å². The number of hydrogen-bond donors (Lipinski definition) is 3. The van der Waals surface area contributed by atoms with Gasteiger partial charge < -0.3 is 15.0 Å². The van der Waals surface area contributed by atoms with Crippen LogP contribution in [0.15, 0.2) is 36.7 Å². The van der Waals surface area contributed by atoms with Crippen LogP contribution < -0.4 is 10.0 Å². The fraction of sp³-hybridized carbons (Fsp3) is 0.391. The van der Waals surface area contributed by atoms with Crippen LogP contribution in [-0.4, -0.2) is 70.2 Å². The molecule has 0 spiro atoms. The summed E-state index contributed by atoms with van der Waals surface area (Å²) in [6, 6.07) is 7.08. The van der Waals surface area contributed by atoms with Crippen molar-refractivity contribution in [1.29, 1.82) is 0 Å². The Hall–Kier alpha value is -3.26. The van der Waals surface area contributed by atoms with Crippen molar-refractivity contribution in [3.8, 4) is 11.5 Å². The van der Waals surface area contributed by atoms with Crippen LogP contribution in [-0.2, 0) is 10.2 Å². The first kappa shape index (κ1) is 25.8. The van der Waals surface area contributed by atoms with Crippen LogP contribution in [0.2, 0.25) is 0 Å². The SMILES string of the molecule is Cc1cc(F)c(C(=O)Nc2cccc(-c3nncn3[C@H](C)CO)n2)cc1C1CC1NS(=O)(=O)N(C)C. The number of halogens is 1. The number of anilines is 1. The molecule has 0 saturated heterocycles. The van der Waals surface area contributed by atoms with E-state index in [1.165, 1.54) is 32.6 Å². The number of carbonyl (C=O) groups is 1. The minimum absolute atomic E-state index is 0.116. The topological polar surface area (TPSA) is 142 Å². The minimum Gasteiger partial charge on any atom is -0.394 e. The molecule has 2 unspecified atom stereocenters. The predicted molar refractivity (Wildman–Crippen MR) is 131 cm³/mol. The van der Waals surface area contributed by atoms with Gasteiger partial charge in [-0.3, -0.25) is 4.79 Å². The number of benzene rings is 1. The molecule has 11 nitrogen and oxygen atoms in total. The molecule has 2 aromatic heterocycles. The zero-order valence-electron chi connectivity index (χ0n) is 20.3. The monoisotopic (exact) mass is 517 g/mol.